The summed E-state index contributed by atoms with van der Waals surface area (Å²) >= 11 is 0. The Hall–Kier alpha value is -1.44. The summed E-state index contributed by atoms with van der Waals surface area (Å²) in [5, 5.41) is 17.7. The first-order valence-corrected chi connectivity index (χ1v) is 4.19. The maximum absolute atomic E-state index is 13.3. The van der Waals surface area contributed by atoms with Crippen molar-refractivity contribution in [2.24, 2.45) is 5.73 Å². The van der Waals surface area contributed by atoms with Crippen LogP contribution in [0.4, 0.5) is 4.39 Å². The van der Waals surface area contributed by atoms with E-state index in [0.29, 0.717) is 0 Å². The van der Waals surface area contributed by atoms with Crippen LogP contribution in [0, 0.1) is 17.1 Å². The van der Waals surface area contributed by atoms with Crippen LogP contribution in [0.1, 0.15) is 24.1 Å². The van der Waals surface area contributed by atoms with E-state index in [1.54, 1.807) is 0 Å². The number of aliphatic hydroxyl groups is 1. The molecule has 1 rings (SSSR count). The summed E-state index contributed by atoms with van der Waals surface area (Å²) in [4.78, 5) is 0. The van der Waals surface area contributed by atoms with Gasteiger partial charge in [0.25, 0.3) is 0 Å². The van der Waals surface area contributed by atoms with Crippen molar-refractivity contribution >= 4 is 0 Å². The van der Waals surface area contributed by atoms with Crippen LogP contribution in [0.3, 0.4) is 0 Å². The SMILES string of the molecule is CC(O)C(N)c1ccc(C#N)cc1F. The summed E-state index contributed by atoms with van der Waals surface area (Å²) in [6.45, 7) is 1.49. The predicted octanol–water partition coefficient (Wildman–Crippen LogP) is 1.08. The zero-order chi connectivity index (χ0) is 10.7. The number of nitriles is 1. The Balaban J connectivity index is 3.07. The van der Waals surface area contributed by atoms with Crippen molar-refractivity contribution in [3.05, 3.63) is 35.1 Å². The molecule has 0 aliphatic heterocycles. The Morgan fingerprint density at radius 2 is 2.21 bits per heavy atom. The van der Waals surface area contributed by atoms with Crippen molar-refractivity contribution in [2.45, 2.75) is 19.1 Å². The molecule has 14 heavy (non-hydrogen) atoms. The number of halogens is 1. The molecule has 0 radical (unpaired) electrons. The van der Waals surface area contributed by atoms with Crippen LogP contribution in [-0.4, -0.2) is 11.2 Å². The molecule has 0 amide bonds. The van der Waals surface area contributed by atoms with E-state index in [2.05, 4.69) is 0 Å². The van der Waals surface area contributed by atoms with Crippen LogP contribution >= 0.6 is 0 Å². The molecule has 4 heteroatoms. The molecule has 0 aliphatic carbocycles. The molecule has 2 atom stereocenters. The molecule has 0 aliphatic rings. The standard InChI is InChI=1S/C10H11FN2O/c1-6(14)10(13)8-3-2-7(5-12)4-9(8)11/h2-4,6,10,14H,13H2,1H3. The molecule has 1 aromatic rings. The monoisotopic (exact) mass is 194 g/mol. The highest BCUT2D eigenvalue weighted by Gasteiger charge is 2.16. The van der Waals surface area contributed by atoms with Gasteiger partial charge >= 0.3 is 0 Å². The van der Waals surface area contributed by atoms with Gasteiger partial charge in [0.1, 0.15) is 5.82 Å². The Bertz CT molecular complexity index is 371. The van der Waals surface area contributed by atoms with Gasteiger partial charge in [-0.05, 0) is 19.1 Å². The van der Waals surface area contributed by atoms with Crippen LogP contribution in [0.25, 0.3) is 0 Å². The van der Waals surface area contributed by atoms with Crippen molar-refractivity contribution < 1.29 is 9.50 Å². The van der Waals surface area contributed by atoms with E-state index in [-0.39, 0.29) is 11.1 Å². The molecule has 74 valence electrons. The average Bonchev–Trinajstić information content (AvgIpc) is 2.16. The number of nitrogens with two attached hydrogens (primary N) is 1. The number of benzene rings is 1. The second-order valence-corrected chi connectivity index (χ2v) is 3.11. The van der Waals surface area contributed by atoms with Gasteiger partial charge in [-0.15, -0.1) is 0 Å². The van der Waals surface area contributed by atoms with Gasteiger partial charge in [-0.2, -0.15) is 5.26 Å². The minimum Gasteiger partial charge on any atom is -0.391 e. The van der Waals surface area contributed by atoms with Gasteiger partial charge in [0, 0.05) is 5.56 Å². The van der Waals surface area contributed by atoms with Crippen LogP contribution in [-0.2, 0) is 0 Å². The minimum atomic E-state index is -0.822. The lowest BCUT2D eigenvalue weighted by atomic mass is 10.0. The van der Waals surface area contributed by atoms with Gasteiger partial charge in [0.2, 0.25) is 0 Å². The van der Waals surface area contributed by atoms with Crippen molar-refractivity contribution in [3.63, 3.8) is 0 Å². The fraction of sp³-hybridized carbons (Fsp3) is 0.300. The highest BCUT2D eigenvalue weighted by molar-refractivity contribution is 5.34. The molecule has 2 unspecified atom stereocenters. The van der Waals surface area contributed by atoms with E-state index in [4.69, 9.17) is 16.1 Å². The quantitative estimate of drug-likeness (QED) is 0.740. The van der Waals surface area contributed by atoms with Crippen molar-refractivity contribution in [1.82, 2.24) is 0 Å². The summed E-state index contributed by atoms with van der Waals surface area (Å²) in [5.74, 6) is -0.558. The van der Waals surface area contributed by atoms with Crippen LogP contribution in [0.2, 0.25) is 0 Å². The molecule has 3 nitrogen and oxygen atoms in total. The molecule has 0 saturated heterocycles. The van der Waals surface area contributed by atoms with Crippen LogP contribution < -0.4 is 5.73 Å². The largest absolute Gasteiger partial charge is 0.391 e. The highest BCUT2D eigenvalue weighted by Crippen LogP contribution is 2.18. The molecule has 0 saturated carbocycles. The van der Waals surface area contributed by atoms with E-state index in [1.807, 2.05) is 6.07 Å². The first-order valence-electron chi connectivity index (χ1n) is 4.19. The number of nitrogens with zero attached hydrogens (tertiary/aromatic N) is 1. The van der Waals surface area contributed by atoms with E-state index < -0.39 is 18.0 Å². The summed E-state index contributed by atoms with van der Waals surface area (Å²) in [5.41, 5.74) is 6.02. The molecule has 0 spiro atoms. The van der Waals surface area contributed by atoms with Gasteiger partial charge in [0.05, 0.1) is 23.8 Å². The molecular weight excluding hydrogens is 183 g/mol. The van der Waals surface area contributed by atoms with E-state index in [9.17, 15) is 4.39 Å². The highest BCUT2D eigenvalue weighted by atomic mass is 19.1. The fourth-order valence-electron chi connectivity index (χ4n) is 1.13. The summed E-state index contributed by atoms with van der Waals surface area (Å²) < 4.78 is 13.3. The Morgan fingerprint density at radius 1 is 1.57 bits per heavy atom. The lowest BCUT2D eigenvalue weighted by Gasteiger charge is -2.15. The summed E-state index contributed by atoms with van der Waals surface area (Å²) in [6.07, 6.45) is -0.822. The Morgan fingerprint density at radius 3 is 2.64 bits per heavy atom. The molecule has 1 aromatic carbocycles. The fourth-order valence-corrected chi connectivity index (χ4v) is 1.13. The zero-order valence-corrected chi connectivity index (χ0v) is 7.74. The van der Waals surface area contributed by atoms with Crippen molar-refractivity contribution in [3.8, 4) is 6.07 Å². The lowest BCUT2D eigenvalue weighted by molar-refractivity contribution is 0.162. The lowest BCUT2D eigenvalue weighted by Crippen LogP contribution is -2.24. The third kappa shape index (κ3) is 2.08. The third-order valence-electron chi connectivity index (χ3n) is 2.01. The second-order valence-electron chi connectivity index (χ2n) is 3.11. The maximum atomic E-state index is 13.3. The van der Waals surface area contributed by atoms with Gasteiger partial charge < -0.3 is 10.8 Å². The Kier molecular flexibility index (Phi) is 3.18. The number of hydrogen-bond donors (Lipinski definition) is 2. The molecular formula is C10H11FN2O. The molecule has 0 bridgehead atoms. The van der Waals surface area contributed by atoms with Crippen LogP contribution in [0.5, 0.6) is 0 Å². The molecule has 0 aromatic heterocycles. The topological polar surface area (TPSA) is 70.0 Å². The zero-order valence-electron chi connectivity index (χ0n) is 7.74. The normalized spacial score (nSPS) is 14.5. The van der Waals surface area contributed by atoms with Crippen molar-refractivity contribution in [2.75, 3.05) is 0 Å². The first kappa shape index (κ1) is 10.6. The van der Waals surface area contributed by atoms with Gasteiger partial charge in [-0.3, -0.25) is 0 Å². The predicted molar refractivity (Wildman–Crippen MR) is 49.7 cm³/mol. The van der Waals surface area contributed by atoms with E-state index in [0.717, 1.165) is 6.07 Å². The Labute approximate surface area is 81.6 Å². The third-order valence-corrected chi connectivity index (χ3v) is 2.01. The summed E-state index contributed by atoms with van der Waals surface area (Å²) in [6, 6.07) is 5.06. The van der Waals surface area contributed by atoms with Crippen molar-refractivity contribution in [1.29, 1.82) is 5.26 Å². The smallest absolute Gasteiger partial charge is 0.129 e. The minimum absolute atomic E-state index is 0.221. The summed E-state index contributed by atoms with van der Waals surface area (Å²) in [7, 11) is 0. The number of rotatable bonds is 2. The second kappa shape index (κ2) is 4.18. The van der Waals surface area contributed by atoms with E-state index in [1.165, 1.54) is 19.1 Å². The van der Waals surface area contributed by atoms with E-state index >= 15 is 0 Å². The van der Waals surface area contributed by atoms with Crippen LogP contribution in [0.15, 0.2) is 18.2 Å². The number of aliphatic hydroxyl groups excluding tert-OH is 1. The van der Waals surface area contributed by atoms with Gasteiger partial charge in [0.15, 0.2) is 0 Å². The average molecular weight is 194 g/mol. The maximum Gasteiger partial charge on any atom is 0.129 e. The molecule has 0 heterocycles. The first-order chi connectivity index (χ1) is 6.56. The molecule has 0 fully saturated rings. The molecule has 3 N–H and O–H groups in total. The van der Waals surface area contributed by atoms with Gasteiger partial charge in [-0.25, -0.2) is 4.39 Å². The van der Waals surface area contributed by atoms with Gasteiger partial charge in [-0.1, -0.05) is 6.07 Å². The number of hydrogen-bond acceptors (Lipinski definition) is 3.